The Morgan fingerprint density at radius 1 is 1.14 bits per heavy atom. The number of ether oxygens (including phenoxy) is 2. The summed E-state index contributed by atoms with van der Waals surface area (Å²) in [5.74, 6) is -0.570. The Hall–Kier alpha value is -2.43. The largest absolute Gasteiger partial charge is 0.573 e. The van der Waals surface area contributed by atoms with Gasteiger partial charge in [0.1, 0.15) is 11.5 Å². The molecule has 2 aromatic rings. The summed E-state index contributed by atoms with van der Waals surface area (Å²) in [6.45, 7) is 8.81. The molecule has 0 bridgehead atoms. The van der Waals surface area contributed by atoms with Crippen molar-refractivity contribution in [2.45, 2.75) is 25.2 Å². The van der Waals surface area contributed by atoms with E-state index in [0.717, 1.165) is 12.1 Å². The van der Waals surface area contributed by atoms with E-state index < -0.39 is 23.4 Å². The van der Waals surface area contributed by atoms with Gasteiger partial charge in [-0.25, -0.2) is 6.57 Å². The molecule has 2 rings (SSSR count). The zero-order chi connectivity index (χ0) is 20.9. The fourth-order valence-electron chi connectivity index (χ4n) is 2.23. The third-order valence-electron chi connectivity index (χ3n) is 3.65. The molecular weight excluding hydrogens is 418 g/mol. The summed E-state index contributed by atoms with van der Waals surface area (Å²) in [6.07, 6.45) is -5.01. The van der Waals surface area contributed by atoms with Crippen molar-refractivity contribution in [2.75, 3.05) is 6.61 Å². The van der Waals surface area contributed by atoms with Gasteiger partial charge in [-0.05, 0) is 36.4 Å². The van der Waals surface area contributed by atoms with Crippen LogP contribution in [-0.2, 0) is 0 Å². The predicted molar refractivity (Wildman–Crippen MR) is 99.0 cm³/mol. The summed E-state index contributed by atoms with van der Waals surface area (Å²) < 4.78 is 45.9. The van der Waals surface area contributed by atoms with Gasteiger partial charge in [-0.2, -0.15) is 0 Å². The van der Waals surface area contributed by atoms with Crippen LogP contribution in [0.2, 0.25) is 10.0 Å². The Morgan fingerprint density at radius 2 is 1.79 bits per heavy atom. The minimum Gasteiger partial charge on any atom is -0.484 e. The summed E-state index contributed by atoms with van der Waals surface area (Å²) in [5.41, 5.74) is -1.05. The SMILES string of the molecule is [C-]#[N+]C(C)(COc1cc(Cl)ccc1Cl)CC(=O)c1ccc(OC(F)(F)F)cc1. The van der Waals surface area contributed by atoms with Gasteiger partial charge in [0.15, 0.2) is 12.4 Å². The van der Waals surface area contributed by atoms with Gasteiger partial charge < -0.3 is 14.3 Å². The lowest BCUT2D eigenvalue weighted by molar-refractivity contribution is -0.274. The Bertz CT molecular complexity index is 895. The highest BCUT2D eigenvalue weighted by molar-refractivity contribution is 6.34. The van der Waals surface area contributed by atoms with E-state index in [1.54, 1.807) is 12.1 Å². The van der Waals surface area contributed by atoms with Crippen LogP contribution in [0.15, 0.2) is 42.5 Å². The van der Waals surface area contributed by atoms with Gasteiger partial charge in [-0.1, -0.05) is 23.2 Å². The number of ketones is 1. The third-order valence-corrected chi connectivity index (χ3v) is 4.20. The predicted octanol–water partition coefficient (Wildman–Crippen LogP) is 6.22. The van der Waals surface area contributed by atoms with Crippen molar-refractivity contribution in [3.8, 4) is 11.5 Å². The van der Waals surface area contributed by atoms with Gasteiger partial charge in [-0.15, -0.1) is 13.2 Å². The number of hydrogen-bond donors (Lipinski definition) is 0. The number of carbonyl (C=O) groups is 1. The summed E-state index contributed by atoms with van der Waals surface area (Å²) >= 11 is 11.9. The van der Waals surface area contributed by atoms with Crippen molar-refractivity contribution in [3.63, 3.8) is 0 Å². The van der Waals surface area contributed by atoms with Crippen LogP contribution in [0, 0.1) is 6.57 Å². The maximum absolute atomic E-state index is 12.4. The topological polar surface area (TPSA) is 39.9 Å². The Balaban J connectivity index is 2.05. The zero-order valence-electron chi connectivity index (χ0n) is 14.5. The van der Waals surface area contributed by atoms with Crippen molar-refractivity contribution < 1.29 is 27.4 Å². The van der Waals surface area contributed by atoms with Gasteiger partial charge in [-0.3, -0.25) is 4.79 Å². The number of rotatable bonds is 7. The monoisotopic (exact) mass is 431 g/mol. The third kappa shape index (κ3) is 6.32. The Labute approximate surface area is 169 Å². The van der Waals surface area contributed by atoms with Gasteiger partial charge in [0, 0.05) is 23.6 Å². The molecule has 0 aromatic heterocycles. The fourth-order valence-corrected chi connectivity index (χ4v) is 2.57. The van der Waals surface area contributed by atoms with Crippen LogP contribution >= 0.6 is 23.2 Å². The number of alkyl halides is 3. The first-order valence-electron chi connectivity index (χ1n) is 7.87. The molecule has 0 spiro atoms. The molecule has 0 N–H and O–H groups in total. The summed E-state index contributed by atoms with van der Waals surface area (Å²) in [5, 5.41) is 0.712. The van der Waals surface area contributed by atoms with E-state index >= 15 is 0 Å². The standard InChI is InChI=1S/C19H14Cl2F3NO3/c1-18(25-2,11-27-17-9-13(20)5-8-15(17)21)10-16(26)12-3-6-14(7-4-12)28-19(22,23)24/h3-9H,10-11H2,1H3. The van der Waals surface area contributed by atoms with E-state index in [9.17, 15) is 18.0 Å². The maximum atomic E-state index is 12.4. The van der Waals surface area contributed by atoms with E-state index in [0.29, 0.717) is 10.0 Å². The lowest BCUT2D eigenvalue weighted by Gasteiger charge is -2.18. The number of benzene rings is 2. The van der Waals surface area contributed by atoms with Crippen LogP contribution in [-0.4, -0.2) is 24.3 Å². The minimum absolute atomic E-state index is 0.127. The fraction of sp³-hybridized carbons (Fsp3) is 0.263. The van der Waals surface area contributed by atoms with E-state index in [1.807, 2.05) is 0 Å². The van der Waals surface area contributed by atoms with E-state index in [-0.39, 0.29) is 24.3 Å². The summed E-state index contributed by atoms with van der Waals surface area (Å²) in [4.78, 5) is 15.9. The molecule has 0 saturated carbocycles. The maximum Gasteiger partial charge on any atom is 0.573 e. The van der Waals surface area contributed by atoms with Crippen molar-refractivity contribution >= 4 is 29.0 Å². The number of Topliss-reactive ketones (excluding diaryl/α,β-unsaturated/α-hetero) is 1. The van der Waals surface area contributed by atoms with Crippen molar-refractivity contribution in [1.82, 2.24) is 0 Å². The molecule has 0 radical (unpaired) electrons. The van der Waals surface area contributed by atoms with Crippen LogP contribution < -0.4 is 9.47 Å². The quantitative estimate of drug-likeness (QED) is 0.385. The molecule has 0 aliphatic rings. The van der Waals surface area contributed by atoms with Crippen LogP contribution in [0.4, 0.5) is 13.2 Å². The van der Waals surface area contributed by atoms with Crippen LogP contribution in [0.3, 0.4) is 0 Å². The molecule has 0 aliphatic heterocycles. The first kappa shape index (κ1) is 21.9. The average molecular weight is 432 g/mol. The summed E-state index contributed by atoms with van der Waals surface area (Å²) in [6, 6.07) is 9.13. The average Bonchev–Trinajstić information content (AvgIpc) is 2.61. The van der Waals surface area contributed by atoms with E-state index in [4.69, 9.17) is 34.5 Å². The summed E-state index contributed by atoms with van der Waals surface area (Å²) in [7, 11) is 0. The molecule has 4 nitrogen and oxygen atoms in total. The molecule has 2 aromatic carbocycles. The van der Waals surface area contributed by atoms with Crippen molar-refractivity contribution in [1.29, 1.82) is 0 Å². The second-order valence-corrected chi connectivity index (χ2v) is 6.99. The number of nitrogens with zero attached hydrogens (tertiary/aromatic N) is 1. The van der Waals surface area contributed by atoms with E-state index in [1.165, 1.54) is 25.1 Å². The molecule has 148 valence electrons. The number of carbonyl (C=O) groups excluding carboxylic acids is 1. The number of hydrogen-bond acceptors (Lipinski definition) is 3. The minimum atomic E-state index is -4.81. The van der Waals surface area contributed by atoms with Crippen LogP contribution in [0.25, 0.3) is 4.85 Å². The lowest BCUT2D eigenvalue weighted by Crippen LogP contribution is -2.32. The first-order chi connectivity index (χ1) is 13.0. The highest BCUT2D eigenvalue weighted by atomic mass is 35.5. The molecular formula is C19H14Cl2F3NO3. The number of halogens is 5. The molecule has 1 atom stereocenters. The molecule has 0 heterocycles. The second-order valence-electron chi connectivity index (χ2n) is 6.14. The van der Waals surface area contributed by atoms with Crippen LogP contribution in [0.1, 0.15) is 23.7 Å². The molecule has 9 heteroatoms. The van der Waals surface area contributed by atoms with E-state index in [2.05, 4.69) is 9.58 Å². The highest BCUT2D eigenvalue weighted by Gasteiger charge is 2.35. The van der Waals surface area contributed by atoms with Gasteiger partial charge >= 0.3 is 6.36 Å². The molecule has 0 fully saturated rings. The molecule has 0 saturated heterocycles. The molecule has 0 amide bonds. The Kier molecular flexibility index (Phi) is 6.81. The highest BCUT2D eigenvalue weighted by Crippen LogP contribution is 2.30. The zero-order valence-corrected chi connectivity index (χ0v) is 16.0. The molecule has 1 unspecified atom stereocenters. The first-order valence-corrected chi connectivity index (χ1v) is 8.62. The van der Waals surface area contributed by atoms with Gasteiger partial charge in [0.25, 0.3) is 5.54 Å². The normalized spacial score (nSPS) is 13.3. The van der Waals surface area contributed by atoms with Gasteiger partial charge in [0.05, 0.1) is 11.4 Å². The van der Waals surface area contributed by atoms with Gasteiger partial charge in [0.2, 0.25) is 0 Å². The second kappa shape index (κ2) is 8.72. The lowest BCUT2D eigenvalue weighted by atomic mass is 9.94. The molecule has 0 aliphatic carbocycles. The molecule has 28 heavy (non-hydrogen) atoms. The smallest absolute Gasteiger partial charge is 0.484 e. The van der Waals surface area contributed by atoms with Crippen molar-refractivity contribution in [2.24, 2.45) is 0 Å². The van der Waals surface area contributed by atoms with Crippen molar-refractivity contribution in [3.05, 3.63) is 69.5 Å². The van der Waals surface area contributed by atoms with Crippen LogP contribution in [0.5, 0.6) is 11.5 Å². The Morgan fingerprint density at radius 3 is 2.36 bits per heavy atom.